The first kappa shape index (κ1) is 16.7. The van der Waals surface area contributed by atoms with E-state index >= 15 is 0 Å². The quantitative estimate of drug-likeness (QED) is 0.548. The number of nitrogens with one attached hydrogen (secondary N) is 2. The van der Waals surface area contributed by atoms with Crippen molar-refractivity contribution in [1.29, 1.82) is 0 Å². The fourth-order valence-electron chi connectivity index (χ4n) is 2.96. The summed E-state index contributed by atoms with van der Waals surface area (Å²) in [6.07, 6.45) is 0.115. The Morgan fingerprint density at radius 2 is 1.92 bits per heavy atom. The van der Waals surface area contributed by atoms with E-state index in [9.17, 15) is 9.59 Å². The second kappa shape index (κ2) is 6.51. The highest BCUT2D eigenvalue weighted by atomic mass is 32.1. The summed E-state index contributed by atoms with van der Waals surface area (Å²) in [5.41, 5.74) is 9.61. The molecule has 4 rings (SSSR count). The molecule has 132 valence electrons. The Morgan fingerprint density at radius 1 is 1.12 bits per heavy atom. The summed E-state index contributed by atoms with van der Waals surface area (Å²) in [6.45, 7) is 3.97. The predicted molar refractivity (Wildman–Crippen MR) is 103 cm³/mol. The Bertz CT molecular complexity index is 981. The monoisotopic (exact) mass is 366 g/mol. The summed E-state index contributed by atoms with van der Waals surface area (Å²) in [7, 11) is 0. The first-order valence-corrected chi connectivity index (χ1v) is 9.16. The number of carbonyl (C=O) groups is 2. The standard InChI is InChI=1S/C19H18N4O2S/c1-11-7-8-13(9-12(11)2)23-17(24)10-15(18(23)25)21-22-19-20-14-5-3-4-6-16(14)26-19/h3-9,15,21H,10H2,1-2H3,(H,20,22)/t15-/m0/s1. The lowest BCUT2D eigenvalue weighted by Gasteiger charge is -2.17. The van der Waals surface area contributed by atoms with E-state index in [-0.39, 0.29) is 18.2 Å². The van der Waals surface area contributed by atoms with Crippen LogP contribution in [0, 0.1) is 13.8 Å². The van der Waals surface area contributed by atoms with Crippen LogP contribution in [-0.4, -0.2) is 22.8 Å². The summed E-state index contributed by atoms with van der Waals surface area (Å²) >= 11 is 1.49. The van der Waals surface area contributed by atoms with Crippen molar-refractivity contribution in [2.75, 3.05) is 10.3 Å². The van der Waals surface area contributed by atoms with Crippen molar-refractivity contribution in [1.82, 2.24) is 10.4 Å². The molecule has 2 amide bonds. The van der Waals surface area contributed by atoms with Crippen LogP contribution in [0.4, 0.5) is 10.8 Å². The lowest BCUT2D eigenvalue weighted by molar-refractivity contribution is -0.121. The number of aryl methyl sites for hydroxylation is 2. The summed E-state index contributed by atoms with van der Waals surface area (Å²) in [5.74, 6) is -0.464. The van der Waals surface area contributed by atoms with Gasteiger partial charge in [-0.05, 0) is 49.2 Å². The highest BCUT2D eigenvalue weighted by Crippen LogP contribution is 2.27. The number of nitrogens with zero attached hydrogens (tertiary/aromatic N) is 2. The number of hydrogen-bond donors (Lipinski definition) is 2. The molecule has 6 nitrogen and oxygen atoms in total. The molecule has 0 spiro atoms. The van der Waals surface area contributed by atoms with Gasteiger partial charge in [0.15, 0.2) is 5.13 Å². The zero-order valence-electron chi connectivity index (χ0n) is 14.4. The van der Waals surface area contributed by atoms with E-state index < -0.39 is 6.04 Å². The molecule has 26 heavy (non-hydrogen) atoms. The number of carbonyl (C=O) groups excluding carboxylic acids is 2. The maximum Gasteiger partial charge on any atom is 0.253 e. The van der Waals surface area contributed by atoms with Crippen molar-refractivity contribution in [2.45, 2.75) is 26.3 Å². The van der Waals surface area contributed by atoms with Crippen molar-refractivity contribution in [3.05, 3.63) is 53.6 Å². The molecule has 2 heterocycles. The summed E-state index contributed by atoms with van der Waals surface area (Å²) in [6, 6.07) is 12.8. The van der Waals surface area contributed by atoms with Crippen molar-refractivity contribution in [2.24, 2.45) is 0 Å². The summed E-state index contributed by atoms with van der Waals surface area (Å²) in [5, 5.41) is 0.663. The Balaban J connectivity index is 1.49. The third kappa shape index (κ3) is 2.95. The third-order valence-electron chi connectivity index (χ3n) is 4.54. The SMILES string of the molecule is Cc1ccc(N2C(=O)C[C@H](NNc3nc4ccccc4s3)C2=O)cc1C. The normalized spacial score (nSPS) is 17.3. The number of hydrogen-bond acceptors (Lipinski definition) is 6. The average Bonchev–Trinajstić information content (AvgIpc) is 3.16. The van der Waals surface area contributed by atoms with Crippen LogP contribution in [0.15, 0.2) is 42.5 Å². The maximum atomic E-state index is 12.7. The minimum Gasteiger partial charge on any atom is -0.296 e. The van der Waals surface area contributed by atoms with Crippen LogP contribution in [0.2, 0.25) is 0 Å². The van der Waals surface area contributed by atoms with Crippen LogP contribution in [0.5, 0.6) is 0 Å². The molecule has 1 atom stereocenters. The Hall–Kier alpha value is -2.77. The second-order valence-corrected chi connectivity index (χ2v) is 7.38. The van der Waals surface area contributed by atoms with Gasteiger partial charge in [0.05, 0.1) is 22.3 Å². The smallest absolute Gasteiger partial charge is 0.253 e. The number of para-hydroxylation sites is 1. The first-order chi connectivity index (χ1) is 12.5. The Morgan fingerprint density at radius 3 is 2.69 bits per heavy atom. The van der Waals surface area contributed by atoms with E-state index in [0.717, 1.165) is 21.3 Å². The van der Waals surface area contributed by atoms with Gasteiger partial charge in [-0.3, -0.25) is 15.0 Å². The van der Waals surface area contributed by atoms with Crippen molar-refractivity contribution in [3.63, 3.8) is 0 Å². The zero-order valence-corrected chi connectivity index (χ0v) is 15.3. The molecule has 2 aromatic carbocycles. The molecule has 0 bridgehead atoms. The van der Waals surface area contributed by atoms with Gasteiger partial charge in [0.1, 0.15) is 6.04 Å². The molecule has 1 aliphatic heterocycles. The number of amides is 2. The van der Waals surface area contributed by atoms with Crippen LogP contribution in [-0.2, 0) is 9.59 Å². The summed E-state index contributed by atoms with van der Waals surface area (Å²) < 4.78 is 1.06. The molecule has 7 heteroatoms. The first-order valence-electron chi connectivity index (χ1n) is 8.34. The second-order valence-electron chi connectivity index (χ2n) is 6.35. The van der Waals surface area contributed by atoms with E-state index in [1.165, 1.54) is 16.2 Å². The molecule has 0 saturated carbocycles. The lowest BCUT2D eigenvalue weighted by Crippen LogP contribution is -2.41. The molecule has 1 aromatic heterocycles. The van der Waals surface area contributed by atoms with Gasteiger partial charge in [0, 0.05) is 0 Å². The topological polar surface area (TPSA) is 74.3 Å². The van der Waals surface area contributed by atoms with E-state index in [0.29, 0.717) is 10.8 Å². The number of imide groups is 1. The highest BCUT2D eigenvalue weighted by Gasteiger charge is 2.39. The van der Waals surface area contributed by atoms with Crippen molar-refractivity contribution in [3.8, 4) is 0 Å². The fourth-order valence-corrected chi connectivity index (χ4v) is 3.78. The number of anilines is 2. The molecule has 3 aromatic rings. The van der Waals surface area contributed by atoms with Crippen LogP contribution in [0.1, 0.15) is 17.5 Å². The molecule has 1 saturated heterocycles. The van der Waals surface area contributed by atoms with E-state index in [1.54, 1.807) is 0 Å². The van der Waals surface area contributed by atoms with Gasteiger partial charge in [0.2, 0.25) is 5.91 Å². The van der Waals surface area contributed by atoms with Crippen molar-refractivity contribution < 1.29 is 9.59 Å². The maximum absolute atomic E-state index is 12.7. The van der Waals surface area contributed by atoms with Crippen LogP contribution in [0.25, 0.3) is 10.2 Å². The van der Waals surface area contributed by atoms with Crippen LogP contribution >= 0.6 is 11.3 Å². The Labute approximate surface area is 154 Å². The predicted octanol–water partition coefficient (Wildman–Crippen LogP) is 3.16. The van der Waals surface area contributed by atoms with E-state index in [1.807, 2.05) is 56.3 Å². The molecule has 1 fully saturated rings. The number of thiazole rings is 1. The third-order valence-corrected chi connectivity index (χ3v) is 5.49. The number of aromatic nitrogens is 1. The van der Waals surface area contributed by atoms with Gasteiger partial charge < -0.3 is 0 Å². The zero-order chi connectivity index (χ0) is 18.3. The highest BCUT2D eigenvalue weighted by molar-refractivity contribution is 7.22. The van der Waals surface area contributed by atoms with Gasteiger partial charge in [-0.15, -0.1) is 0 Å². The number of rotatable bonds is 4. The van der Waals surface area contributed by atoms with Crippen molar-refractivity contribution >= 4 is 44.2 Å². The van der Waals surface area contributed by atoms with Crippen LogP contribution < -0.4 is 15.8 Å². The minimum atomic E-state index is -0.615. The van der Waals surface area contributed by atoms with E-state index in [4.69, 9.17) is 0 Å². The fraction of sp³-hybridized carbons (Fsp3) is 0.211. The van der Waals surface area contributed by atoms with Crippen LogP contribution in [0.3, 0.4) is 0 Å². The summed E-state index contributed by atoms with van der Waals surface area (Å²) in [4.78, 5) is 30.8. The molecule has 0 unspecified atom stereocenters. The van der Waals surface area contributed by atoms with Gasteiger partial charge in [-0.2, -0.15) is 0 Å². The van der Waals surface area contributed by atoms with Gasteiger partial charge in [-0.25, -0.2) is 15.3 Å². The molecular weight excluding hydrogens is 348 g/mol. The average molecular weight is 366 g/mol. The van der Waals surface area contributed by atoms with Gasteiger partial charge in [-0.1, -0.05) is 29.5 Å². The van der Waals surface area contributed by atoms with Gasteiger partial charge >= 0.3 is 0 Å². The number of benzene rings is 2. The largest absolute Gasteiger partial charge is 0.296 e. The molecule has 2 N–H and O–H groups in total. The number of fused-ring (bicyclic) bond motifs is 1. The van der Waals surface area contributed by atoms with Gasteiger partial charge in [0.25, 0.3) is 5.91 Å². The number of hydrazine groups is 1. The minimum absolute atomic E-state index is 0.115. The molecule has 1 aliphatic rings. The molecule has 0 radical (unpaired) electrons. The van der Waals surface area contributed by atoms with E-state index in [2.05, 4.69) is 15.8 Å². The Kier molecular flexibility index (Phi) is 4.18. The lowest BCUT2D eigenvalue weighted by atomic mass is 10.1. The molecule has 0 aliphatic carbocycles. The molecular formula is C19H18N4O2S.